The molecule has 1 heterocycles. The van der Waals surface area contributed by atoms with Gasteiger partial charge in [0.2, 0.25) is 0 Å². The first-order valence-corrected chi connectivity index (χ1v) is 7.74. The summed E-state index contributed by atoms with van der Waals surface area (Å²) < 4.78 is 5.46. The quantitative estimate of drug-likeness (QED) is 0.790. The highest BCUT2D eigenvalue weighted by molar-refractivity contribution is 5.50. The summed E-state index contributed by atoms with van der Waals surface area (Å²) in [5, 5.41) is 3.67. The van der Waals surface area contributed by atoms with Gasteiger partial charge in [0.25, 0.3) is 0 Å². The first kappa shape index (κ1) is 12.3. The molecule has 3 aliphatic rings. The van der Waals surface area contributed by atoms with Crippen molar-refractivity contribution in [3.63, 3.8) is 0 Å². The molecule has 3 atom stereocenters. The van der Waals surface area contributed by atoms with Gasteiger partial charge in [-0.05, 0) is 48.4 Å². The third-order valence-corrected chi connectivity index (χ3v) is 5.46. The summed E-state index contributed by atoms with van der Waals surface area (Å²) in [4.78, 5) is 0. The van der Waals surface area contributed by atoms with Crippen LogP contribution in [0.4, 0.5) is 0 Å². The molecular formula is C18H21NO. The molecule has 0 aromatic heterocycles. The van der Waals surface area contributed by atoms with E-state index in [1.165, 1.54) is 36.8 Å². The summed E-state index contributed by atoms with van der Waals surface area (Å²) in [5.41, 5.74) is 3.00. The van der Waals surface area contributed by atoms with E-state index in [1.54, 1.807) is 7.11 Å². The van der Waals surface area contributed by atoms with Crippen molar-refractivity contribution >= 4 is 0 Å². The Morgan fingerprint density at radius 2 is 2.30 bits per heavy atom. The van der Waals surface area contributed by atoms with E-state index in [1.807, 2.05) is 0 Å². The Hall–Kier alpha value is -1.46. The summed E-state index contributed by atoms with van der Waals surface area (Å²) in [6, 6.07) is 7.18. The van der Waals surface area contributed by atoms with Crippen LogP contribution in [0.2, 0.25) is 0 Å². The molecule has 1 unspecified atom stereocenters. The van der Waals surface area contributed by atoms with Gasteiger partial charge in [0.15, 0.2) is 0 Å². The molecule has 20 heavy (non-hydrogen) atoms. The van der Waals surface area contributed by atoms with Crippen molar-refractivity contribution in [3.8, 4) is 17.6 Å². The maximum Gasteiger partial charge on any atom is 0.119 e. The molecule has 104 valence electrons. The monoisotopic (exact) mass is 267 g/mol. The Kier molecular flexibility index (Phi) is 2.79. The molecule has 1 aliphatic heterocycles. The van der Waals surface area contributed by atoms with Crippen LogP contribution in [0.5, 0.6) is 5.75 Å². The van der Waals surface area contributed by atoms with Crippen LogP contribution in [0.3, 0.4) is 0 Å². The van der Waals surface area contributed by atoms with Crippen LogP contribution in [0.25, 0.3) is 0 Å². The number of nitrogens with one attached hydrogen (secondary N) is 1. The third kappa shape index (κ3) is 1.63. The molecule has 0 spiro atoms. The van der Waals surface area contributed by atoms with Gasteiger partial charge in [-0.15, -0.1) is 0 Å². The van der Waals surface area contributed by atoms with E-state index in [9.17, 15) is 0 Å². The van der Waals surface area contributed by atoms with Crippen molar-refractivity contribution < 1.29 is 4.74 Å². The van der Waals surface area contributed by atoms with E-state index in [-0.39, 0.29) is 5.41 Å². The number of fused-ring (bicyclic) bond motifs is 1. The molecule has 0 saturated heterocycles. The Bertz CT molecular complexity index is 597. The van der Waals surface area contributed by atoms with E-state index in [0.29, 0.717) is 12.0 Å². The number of hydrogen-bond acceptors (Lipinski definition) is 2. The van der Waals surface area contributed by atoms with Crippen molar-refractivity contribution in [1.29, 1.82) is 0 Å². The Morgan fingerprint density at radius 1 is 1.35 bits per heavy atom. The average Bonchev–Trinajstić information content (AvgIpc) is 2.64. The molecule has 1 fully saturated rings. The van der Waals surface area contributed by atoms with Crippen LogP contribution in [-0.4, -0.2) is 19.7 Å². The molecule has 2 nitrogen and oxygen atoms in total. The third-order valence-electron chi connectivity index (χ3n) is 5.46. The summed E-state index contributed by atoms with van der Waals surface area (Å²) in [5.74, 6) is 8.70. The zero-order valence-electron chi connectivity index (χ0n) is 12.0. The second kappa shape index (κ2) is 4.53. The van der Waals surface area contributed by atoms with Gasteiger partial charge < -0.3 is 10.1 Å². The fourth-order valence-electron chi connectivity index (χ4n) is 4.55. The van der Waals surface area contributed by atoms with Crippen LogP contribution in [0, 0.1) is 17.8 Å². The predicted molar refractivity (Wildman–Crippen MR) is 79.9 cm³/mol. The van der Waals surface area contributed by atoms with Crippen molar-refractivity contribution in [2.24, 2.45) is 5.92 Å². The zero-order valence-corrected chi connectivity index (χ0v) is 12.0. The number of methoxy groups -OCH3 is 1. The highest BCUT2D eigenvalue weighted by Gasteiger charge is 2.49. The summed E-state index contributed by atoms with van der Waals surface area (Å²) in [6.07, 6.45) is 6.31. The number of hydrogen-bond donors (Lipinski definition) is 1. The van der Waals surface area contributed by atoms with Crippen LogP contribution in [0.1, 0.15) is 36.8 Å². The van der Waals surface area contributed by atoms with Crippen molar-refractivity contribution in [1.82, 2.24) is 5.32 Å². The average molecular weight is 267 g/mol. The van der Waals surface area contributed by atoms with Gasteiger partial charge in [0.05, 0.1) is 19.1 Å². The molecule has 2 aliphatic carbocycles. The van der Waals surface area contributed by atoms with Crippen LogP contribution in [0.15, 0.2) is 18.2 Å². The lowest BCUT2D eigenvalue weighted by molar-refractivity contribution is 0.174. The van der Waals surface area contributed by atoms with Crippen LogP contribution < -0.4 is 10.1 Å². The molecule has 1 aromatic rings. The predicted octanol–water partition coefficient (Wildman–Crippen LogP) is 2.65. The molecule has 1 saturated carbocycles. The molecular weight excluding hydrogens is 246 g/mol. The zero-order chi connectivity index (χ0) is 13.6. The standard InChI is InChI=1S/C18H21NO/c1-20-14-7-6-13-11-17-15-5-2-3-8-18(15,16(13)12-14)9-4-10-19-17/h6-7,12,15,17,19H,2-3,5,8,10-11H2,1H3/t15?,17-,18-/m0/s1. The minimum Gasteiger partial charge on any atom is -0.497 e. The maximum atomic E-state index is 5.46. The van der Waals surface area contributed by atoms with Crippen molar-refractivity contribution in [2.45, 2.75) is 43.6 Å². The van der Waals surface area contributed by atoms with E-state index >= 15 is 0 Å². The number of rotatable bonds is 1. The minimum atomic E-state index is 0.0779. The second-order valence-corrected chi connectivity index (χ2v) is 6.34. The van der Waals surface area contributed by atoms with Crippen molar-refractivity contribution in [3.05, 3.63) is 29.3 Å². The highest BCUT2D eigenvalue weighted by atomic mass is 16.5. The first-order chi connectivity index (χ1) is 9.83. The maximum absolute atomic E-state index is 5.46. The minimum absolute atomic E-state index is 0.0779. The largest absolute Gasteiger partial charge is 0.497 e. The van der Waals surface area contributed by atoms with Gasteiger partial charge in [0, 0.05) is 6.04 Å². The smallest absolute Gasteiger partial charge is 0.119 e. The summed E-state index contributed by atoms with van der Waals surface area (Å²) in [7, 11) is 1.75. The Morgan fingerprint density at radius 3 is 3.20 bits per heavy atom. The van der Waals surface area contributed by atoms with Crippen LogP contribution in [-0.2, 0) is 11.8 Å². The highest BCUT2D eigenvalue weighted by Crippen LogP contribution is 2.51. The van der Waals surface area contributed by atoms with E-state index in [0.717, 1.165) is 18.7 Å². The molecule has 1 N–H and O–H groups in total. The Balaban J connectivity index is 1.93. The molecule has 0 radical (unpaired) electrons. The fourth-order valence-corrected chi connectivity index (χ4v) is 4.55. The fraction of sp³-hybridized carbons (Fsp3) is 0.556. The van der Waals surface area contributed by atoms with E-state index in [2.05, 4.69) is 35.4 Å². The lowest BCUT2D eigenvalue weighted by atomic mass is 9.56. The SMILES string of the molecule is COc1ccc2c(c1)[C@@]13C#CCN[C@@H](C2)C1CCCC3. The molecule has 2 heteroatoms. The van der Waals surface area contributed by atoms with Crippen LogP contribution >= 0.6 is 0 Å². The van der Waals surface area contributed by atoms with Gasteiger partial charge in [-0.1, -0.05) is 30.7 Å². The van der Waals surface area contributed by atoms with E-state index < -0.39 is 0 Å². The lowest BCUT2D eigenvalue weighted by Crippen LogP contribution is -2.52. The number of ether oxygens (including phenoxy) is 1. The first-order valence-electron chi connectivity index (χ1n) is 7.74. The molecule has 4 rings (SSSR count). The second-order valence-electron chi connectivity index (χ2n) is 6.34. The van der Waals surface area contributed by atoms with Crippen molar-refractivity contribution in [2.75, 3.05) is 13.7 Å². The molecule has 1 aromatic carbocycles. The van der Waals surface area contributed by atoms with Gasteiger partial charge >= 0.3 is 0 Å². The number of benzene rings is 1. The van der Waals surface area contributed by atoms with Gasteiger partial charge in [-0.25, -0.2) is 0 Å². The normalized spacial score (nSPS) is 34.0. The van der Waals surface area contributed by atoms with Gasteiger partial charge in [-0.2, -0.15) is 0 Å². The summed E-state index contributed by atoms with van der Waals surface area (Å²) >= 11 is 0. The van der Waals surface area contributed by atoms with E-state index in [4.69, 9.17) is 4.74 Å². The van der Waals surface area contributed by atoms with Gasteiger partial charge in [0.1, 0.15) is 5.75 Å². The summed E-state index contributed by atoms with van der Waals surface area (Å²) in [6.45, 7) is 0.841. The molecule has 2 bridgehead atoms. The topological polar surface area (TPSA) is 21.3 Å². The molecule has 0 amide bonds. The van der Waals surface area contributed by atoms with Gasteiger partial charge in [-0.3, -0.25) is 0 Å². The Labute approximate surface area is 120 Å². The lowest BCUT2D eigenvalue weighted by Gasteiger charge is -2.48.